The highest BCUT2D eigenvalue weighted by Gasteiger charge is 2.28. The highest BCUT2D eigenvalue weighted by atomic mass is 16.5. The van der Waals surface area contributed by atoms with Crippen LogP contribution in [-0.4, -0.2) is 55.8 Å². The van der Waals surface area contributed by atoms with Crippen molar-refractivity contribution < 1.29 is 14.3 Å². The first-order valence-electron chi connectivity index (χ1n) is 8.38. The summed E-state index contributed by atoms with van der Waals surface area (Å²) in [5.74, 6) is 0.908. The van der Waals surface area contributed by atoms with Gasteiger partial charge >= 0.3 is 0 Å². The van der Waals surface area contributed by atoms with E-state index in [0.717, 1.165) is 44.0 Å². The van der Waals surface area contributed by atoms with Crippen LogP contribution in [-0.2, 0) is 16.0 Å². The van der Waals surface area contributed by atoms with Crippen LogP contribution in [0.2, 0.25) is 0 Å². The SMILES string of the molecule is CC1(C)CN(CCNC(=O)[C@H]2COc3ccccc3C2)CCO1. The molecule has 2 heterocycles. The van der Waals surface area contributed by atoms with Crippen molar-refractivity contribution in [2.45, 2.75) is 25.9 Å². The summed E-state index contributed by atoms with van der Waals surface area (Å²) in [5, 5.41) is 3.06. The maximum Gasteiger partial charge on any atom is 0.226 e. The fourth-order valence-electron chi connectivity index (χ4n) is 3.28. The number of carbonyl (C=O) groups excluding carboxylic acids is 1. The van der Waals surface area contributed by atoms with Crippen LogP contribution in [0.4, 0.5) is 0 Å². The van der Waals surface area contributed by atoms with Gasteiger partial charge in [0.1, 0.15) is 12.4 Å². The average molecular weight is 318 g/mol. The van der Waals surface area contributed by atoms with Gasteiger partial charge < -0.3 is 14.8 Å². The summed E-state index contributed by atoms with van der Waals surface area (Å²) in [6.45, 7) is 8.81. The Labute approximate surface area is 137 Å². The number of ether oxygens (including phenoxy) is 2. The lowest BCUT2D eigenvalue weighted by Gasteiger charge is -2.38. The first kappa shape index (κ1) is 16.3. The highest BCUT2D eigenvalue weighted by Crippen LogP contribution is 2.26. The second-order valence-electron chi connectivity index (χ2n) is 7.00. The molecule has 0 saturated carbocycles. The normalized spacial score (nSPS) is 23.7. The molecule has 5 nitrogen and oxygen atoms in total. The third kappa shape index (κ3) is 4.24. The molecule has 23 heavy (non-hydrogen) atoms. The number of hydrogen-bond acceptors (Lipinski definition) is 4. The third-order valence-electron chi connectivity index (χ3n) is 4.48. The number of benzene rings is 1. The van der Waals surface area contributed by atoms with E-state index in [1.807, 2.05) is 24.3 Å². The monoisotopic (exact) mass is 318 g/mol. The molecule has 2 aliphatic rings. The zero-order valence-electron chi connectivity index (χ0n) is 14.0. The highest BCUT2D eigenvalue weighted by molar-refractivity contribution is 5.79. The molecule has 0 unspecified atom stereocenters. The molecule has 0 bridgehead atoms. The minimum Gasteiger partial charge on any atom is -0.492 e. The molecule has 1 aromatic rings. The smallest absolute Gasteiger partial charge is 0.226 e. The lowest BCUT2D eigenvalue weighted by atomic mass is 9.96. The molecule has 1 atom stereocenters. The summed E-state index contributed by atoms with van der Waals surface area (Å²) < 4.78 is 11.4. The van der Waals surface area contributed by atoms with Gasteiger partial charge in [-0.05, 0) is 31.9 Å². The molecule has 3 rings (SSSR count). The Bertz CT molecular complexity index is 559. The fourth-order valence-corrected chi connectivity index (χ4v) is 3.28. The van der Waals surface area contributed by atoms with Crippen LogP contribution in [0.15, 0.2) is 24.3 Å². The van der Waals surface area contributed by atoms with Crippen LogP contribution in [0.3, 0.4) is 0 Å². The van der Waals surface area contributed by atoms with Gasteiger partial charge in [0.2, 0.25) is 5.91 Å². The van der Waals surface area contributed by atoms with Crippen molar-refractivity contribution in [3.05, 3.63) is 29.8 Å². The molecule has 0 aliphatic carbocycles. The zero-order valence-corrected chi connectivity index (χ0v) is 14.0. The van der Waals surface area contributed by atoms with E-state index >= 15 is 0 Å². The molecule has 0 radical (unpaired) electrons. The van der Waals surface area contributed by atoms with Crippen molar-refractivity contribution in [1.82, 2.24) is 10.2 Å². The Kier molecular flexibility index (Phi) is 4.87. The molecular weight excluding hydrogens is 292 g/mol. The molecule has 126 valence electrons. The van der Waals surface area contributed by atoms with E-state index in [-0.39, 0.29) is 17.4 Å². The maximum atomic E-state index is 12.3. The molecule has 0 aromatic heterocycles. The van der Waals surface area contributed by atoms with Crippen molar-refractivity contribution in [3.8, 4) is 5.75 Å². The predicted octanol–water partition coefficient (Wildman–Crippen LogP) is 1.46. The third-order valence-corrected chi connectivity index (χ3v) is 4.48. The topological polar surface area (TPSA) is 50.8 Å². The van der Waals surface area contributed by atoms with Crippen LogP contribution in [0.5, 0.6) is 5.75 Å². The summed E-state index contributed by atoms with van der Waals surface area (Å²) in [4.78, 5) is 14.7. The molecular formula is C18H26N2O3. The first-order valence-corrected chi connectivity index (χ1v) is 8.38. The number of hydrogen-bond donors (Lipinski definition) is 1. The lowest BCUT2D eigenvalue weighted by Crippen LogP contribution is -2.50. The van der Waals surface area contributed by atoms with Gasteiger partial charge in [0.15, 0.2) is 0 Å². The van der Waals surface area contributed by atoms with Gasteiger partial charge in [0, 0.05) is 26.2 Å². The number of nitrogens with zero attached hydrogens (tertiary/aromatic N) is 1. The first-order chi connectivity index (χ1) is 11.0. The lowest BCUT2D eigenvalue weighted by molar-refractivity contribution is -0.126. The quantitative estimate of drug-likeness (QED) is 0.913. The molecule has 5 heteroatoms. The van der Waals surface area contributed by atoms with Gasteiger partial charge in [-0.3, -0.25) is 9.69 Å². The van der Waals surface area contributed by atoms with E-state index < -0.39 is 0 Å². The van der Waals surface area contributed by atoms with E-state index in [0.29, 0.717) is 13.2 Å². The summed E-state index contributed by atoms with van der Waals surface area (Å²) in [6.07, 6.45) is 0.757. The van der Waals surface area contributed by atoms with Gasteiger partial charge in [0.05, 0.1) is 18.1 Å². The average Bonchev–Trinajstić information content (AvgIpc) is 2.53. The number of para-hydroxylation sites is 1. The van der Waals surface area contributed by atoms with E-state index in [1.165, 1.54) is 0 Å². The van der Waals surface area contributed by atoms with Gasteiger partial charge in [-0.1, -0.05) is 18.2 Å². The minimum atomic E-state index is -0.0941. The van der Waals surface area contributed by atoms with Gasteiger partial charge in [-0.2, -0.15) is 0 Å². The molecule has 1 fully saturated rings. The number of rotatable bonds is 4. The number of morpholine rings is 1. The Balaban J connectivity index is 1.44. The van der Waals surface area contributed by atoms with Crippen molar-refractivity contribution in [1.29, 1.82) is 0 Å². The van der Waals surface area contributed by atoms with Crippen molar-refractivity contribution in [3.63, 3.8) is 0 Å². The molecule has 1 saturated heterocycles. The fraction of sp³-hybridized carbons (Fsp3) is 0.611. The summed E-state index contributed by atoms with van der Waals surface area (Å²) >= 11 is 0. The van der Waals surface area contributed by atoms with Crippen LogP contribution in [0.1, 0.15) is 19.4 Å². The zero-order chi connectivity index (χ0) is 16.3. The van der Waals surface area contributed by atoms with E-state index in [1.54, 1.807) is 0 Å². The molecule has 0 spiro atoms. The molecule has 2 aliphatic heterocycles. The van der Waals surface area contributed by atoms with Crippen LogP contribution in [0.25, 0.3) is 0 Å². The Morgan fingerprint density at radius 2 is 2.22 bits per heavy atom. The van der Waals surface area contributed by atoms with E-state index in [9.17, 15) is 4.79 Å². The van der Waals surface area contributed by atoms with Crippen LogP contribution in [0, 0.1) is 5.92 Å². The standard InChI is InChI=1S/C18H26N2O3/c1-18(2)13-20(9-10-23-18)8-7-19-17(21)15-11-14-5-3-4-6-16(14)22-12-15/h3-6,15H,7-13H2,1-2H3,(H,19,21)/t15-/m1/s1. The van der Waals surface area contributed by atoms with Crippen LogP contribution < -0.4 is 10.1 Å². The Hall–Kier alpha value is -1.59. The number of amides is 1. The molecule has 1 N–H and O–H groups in total. The maximum absolute atomic E-state index is 12.3. The van der Waals surface area contributed by atoms with Crippen molar-refractivity contribution >= 4 is 5.91 Å². The van der Waals surface area contributed by atoms with Gasteiger partial charge in [0.25, 0.3) is 0 Å². The second-order valence-corrected chi connectivity index (χ2v) is 7.00. The van der Waals surface area contributed by atoms with Gasteiger partial charge in [-0.25, -0.2) is 0 Å². The van der Waals surface area contributed by atoms with Crippen molar-refractivity contribution in [2.75, 3.05) is 39.4 Å². The van der Waals surface area contributed by atoms with Gasteiger partial charge in [-0.15, -0.1) is 0 Å². The molecule has 1 aromatic carbocycles. The number of fused-ring (bicyclic) bond motifs is 1. The van der Waals surface area contributed by atoms with Crippen molar-refractivity contribution in [2.24, 2.45) is 5.92 Å². The predicted molar refractivity (Wildman–Crippen MR) is 88.6 cm³/mol. The van der Waals surface area contributed by atoms with E-state index in [4.69, 9.17) is 9.47 Å². The number of nitrogens with one attached hydrogen (secondary N) is 1. The summed E-state index contributed by atoms with van der Waals surface area (Å²) in [5.41, 5.74) is 1.03. The summed E-state index contributed by atoms with van der Waals surface area (Å²) in [6, 6.07) is 7.94. The number of carbonyl (C=O) groups is 1. The largest absolute Gasteiger partial charge is 0.492 e. The second kappa shape index (κ2) is 6.89. The van der Waals surface area contributed by atoms with E-state index in [2.05, 4.69) is 24.1 Å². The summed E-state index contributed by atoms with van der Waals surface area (Å²) in [7, 11) is 0. The minimum absolute atomic E-state index is 0.0898. The Morgan fingerprint density at radius 3 is 3.04 bits per heavy atom. The Morgan fingerprint density at radius 1 is 1.39 bits per heavy atom. The van der Waals surface area contributed by atoms with Crippen LogP contribution >= 0.6 is 0 Å². The molecule has 1 amide bonds.